The second-order valence-electron chi connectivity index (χ2n) is 11.2. The molecule has 1 aromatic heterocycles. The van der Waals surface area contributed by atoms with Crippen molar-refractivity contribution >= 4 is 50.7 Å². The summed E-state index contributed by atoms with van der Waals surface area (Å²) in [5.41, 5.74) is -1.09. The predicted octanol–water partition coefficient (Wildman–Crippen LogP) is 8.03. The summed E-state index contributed by atoms with van der Waals surface area (Å²) in [5.74, 6) is -1.55. The maximum absolute atomic E-state index is 15.3. The number of aromatic nitrogens is 2. The zero-order valence-electron chi connectivity index (χ0n) is 27.1. The van der Waals surface area contributed by atoms with Gasteiger partial charge in [0.2, 0.25) is 5.95 Å². The molecule has 3 amide bonds. The highest BCUT2D eigenvalue weighted by Gasteiger charge is 2.31. The van der Waals surface area contributed by atoms with Crippen LogP contribution in [0.3, 0.4) is 0 Å². The molecule has 0 spiro atoms. The molecule has 4 N–H and O–H groups in total. The average Bonchev–Trinajstić information content (AvgIpc) is 3.07. The number of anilines is 5. The normalized spacial score (nSPS) is 14.6. The third-order valence-electron chi connectivity index (χ3n) is 7.47. The molecule has 270 valence electrons. The molecule has 0 saturated carbocycles. The van der Waals surface area contributed by atoms with Crippen LogP contribution in [0.15, 0.2) is 76.1 Å². The number of hydrogen-bond acceptors (Lipinski definition) is 9. The molecule has 1 fully saturated rings. The Morgan fingerprint density at radius 2 is 1.75 bits per heavy atom. The quantitative estimate of drug-likeness (QED) is 0.125. The van der Waals surface area contributed by atoms with E-state index < -0.39 is 50.9 Å². The van der Waals surface area contributed by atoms with E-state index in [4.69, 9.17) is 9.47 Å². The van der Waals surface area contributed by atoms with Crippen molar-refractivity contribution in [2.45, 2.75) is 36.9 Å². The largest absolute Gasteiger partial charge is 0.448 e. The van der Waals surface area contributed by atoms with E-state index in [0.717, 1.165) is 6.07 Å². The first-order chi connectivity index (χ1) is 24.2. The van der Waals surface area contributed by atoms with Gasteiger partial charge in [-0.3, -0.25) is 0 Å². The summed E-state index contributed by atoms with van der Waals surface area (Å²) in [6, 6.07) is 10.5. The van der Waals surface area contributed by atoms with Crippen LogP contribution in [0.1, 0.15) is 25.3 Å². The van der Waals surface area contributed by atoms with Crippen LogP contribution in [0.2, 0.25) is 0 Å². The lowest BCUT2D eigenvalue weighted by atomic mass is 10.1. The lowest BCUT2D eigenvalue weighted by Crippen LogP contribution is -2.28. The molecule has 1 unspecified atom stereocenters. The summed E-state index contributed by atoms with van der Waals surface area (Å²) in [5, 5.41) is 10.5. The number of rotatable bonds is 9. The first kappa shape index (κ1) is 36.9. The van der Waals surface area contributed by atoms with Gasteiger partial charge in [0.05, 0.1) is 33.3 Å². The lowest BCUT2D eigenvalue weighted by molar-refractivity contribution is -0.137. The van der Waals surface area contributed by atoms with Gasteiger partial charge in [-0.05, 0) is 73.9 Å². The zero-order chi connectivity index (χ0) is 36.8. The van der Waals surface area contributed by atoms with E-state index in [1.165, 1.54) is 30.7 Å². The lowest BCUT2D eigenvalue weighted by Gasteiger charge is -2.25. The van der Waals surface area contributed by atoms with Crippen LogP contribution in [-0.2, 0) is 25.4 Å². The molecule has 3 aromatic carbocycles. The van der Waals surface area contributed by atoms with E-state index in [9.17, 15) is 31.4 Å². The number of benzene rings is 3. The van der Waals surface area contributed by atoms with Gasteiger partial charge >= 0.3 is 18.3 Å². The minimum atomic E-state index is -4.77. The van der Waals surface area contributed by atoms with Gasteiger partial charge in [0, 0.05) is 47.9 Å². The highest BCUT2D eigenvalue weighted by Crippen LogP contribution is 2.33. The molecule has 0 bridgehead atoms. The fourth-order valence-electron chi connectivity index (χ4n) is 4.94. The second kappa shape index (κ2) is 15.7. The highest BCUT2D eigenvalue weighted by atomic mass is 32.2. The summed E-state index contributed by atoms with van der Waals surface area (Å²) in [6.45, 7) is 2.72. The molecule has 1 aliphatic rings. The third kappa shape index (κ3) is 9.66. The fourth-order valence-corrected chi connectivity index (χ4v) is 6.06. The SMILES string of the molecule is CCOC(=O)N=S(C)(=O)c1cccc(Nc2ncc(-c3ccc(NC(=O)Nc4cc(C(F)(F)F)ccc4F)c(F)c3)c(NC3CCOCC3)n2)c1. The summed E-state index contributed by atoms with van der Waals surface area (Å²) in [7, 11) is -3.13. The Balaban J connectivity index is 1.38. The molecular weight excluding hydrogens is 701 g/mol. The Hall–Kier alpha value is -5.36. The van der Waals surface area contributed by atoms with Crippen LogP contribution in [0.25, 0.3) is 11.1 Å². The minimum absolute atomic E-state index is 0.0384. The van der Waals surface area contributed by atoms with Gasteiger partial charge in [-0.2, -0.15) is 18.2 Å². The van der Waals surface area contributed by atoms with E-state index in [2.05, 4.69) is 30.3 Å². The van der Waals surface area contributed by atoms with Crippen LogP contribution in [-0.4, -0.2) is 58.4 Å². The molecule has 5 rings (SSSR count). The number of amides is 3. The maximum atomic E-state index is 15.3. The molecule has 0 radical (unpaired) electrons. The smallest absolute Gasteiger partial charge is 0.442 e. The third-order valence-corrected chi connectivity index (χ3v) is 9.09. The second-order valence-corrected chi connectivity index (χ2v) is 13.5. The number of halogens is 5. The monoisotopic (exact) mass is 733 g/mol. The number of hydrogen-bond donors (Lipinski definition) is 4. The molecule has 0 aliphatic carbocycles. The summed E-state index contributed by atoms with van der Waals surface area (Å²) >= 11 is 0. The highest BCUT2D eigenvalue weighted by molar-refractivity contribution is 7.93. The number of nitrogens with one attached hydrogen (secondary N) is 4. The van der Waals surface area contributed by atoms with Crippen molar-refractivity contribution in [2.24, 2.45) is 4.36 Å². The Labute approximate surface area is 289 Å². The molecule has 1 atom stereocenters. The van der Waals surface area contributed by atoms with Crippen molar-refractivity contribution in [1.29, 1.82) is 0 Å². The van der Waals surface area contributed by atoms with Gasteiger partial charge in [0.15, 0.2) is 0 Å². The van der Waals surface area contributed by atoms with Crippen molar-refractivity contribution in [1.82, 2.24) is 9.97 Å². The zero-order valence-corrected chi connectivity index (χ0v) is 28.0. The Bertz CT molecular complexity index is 2050. The summed E-state index contributed by atoms with van der Waals surface area (Å²) in [6.07, 6.45) is -1.62. The van der Waals surface area contributed by atoms with Crippen LogP contribution in [0.4, 0.5) is 60.4 Å². The molecule has 51 heavy (non-hydrogen) atoms. The Kier molecular flexibility index (Phi) is 11.3. The maximum Gasteiger partial charge on any atom is 0.442 e. The van der Waals surface area contributed by atoms with E-state index in [1.807, 2.05) is 5.32 Å². The van der Waals surface area contributed by atoms with Crippen LogP contribution < -0.4 is 21.3 Å². The van der Waals surface area contributed by atoms with E-state index in [-0.39, 0.29) is 29.2 Å². The number of carbonyl (C=O) groups is 2. The molecule has 12 nitrogen and oxygen atoms in total. The number of urea groups is 1. The van der Waals surface area contributed by atoms with Crippen LogP contribution >= 0.6 is 0 Å². The van der Waals surface area contributed by atoms with Gasteiger partial charge in [-0.1, -0.05) is 12.1 Å². The van der Waals surface area contributed by atoms with Crippen LogP contribution in [0.5, 0.6) is 0 Å². The topological polar surface area (TPSA) is 156 Å². The Morgan fingerprint density at radius 3 is 2.45 bits per heavy atom. The van der Waals surface area contributed by atoms with Gasteiger partial charge in [-0.15, -0.1) is 4.36 Å². The number of alkyl halides is 3. The standard InChI is InChI=1S/C33H32F5N7O5S/c1-3-50-32(47)45-51(2,48)23-6-4-5-22(17-23)41-30-39-18-24(29(44-30)40-21-11-13-49-14-12-21)19-7-10-27(26(35)15-19)42-31(46)43-28-16-20(33(36,37)38)8-9-25(28)34/h4-10,15-18,21H,3,11-14H2,1-2H3,(H2,42,43,46)(H2,39,40,41,44). The van der Waals surface area contributed by atoms with E-state index in [0.29, 0.717) is 66.9 Å². The minimum Gasteiger partial charge on any atom is -0.448 e. The Morgan fingerprint density at radius 1 is 1.00 bits per heavy atom. The fraction of sp³-hybridized carbons (Fsp3) is 0.273. The molecule has 2 heterocycles. The van der Waals surface area contributed by atoms with Crippen LogP contribution in [0, 0.1) is 11.6 Å². The van der Waals surface area contributed by atoms with E-state index >= 15 is 4.39 Å². The number of carbonyl (C=O) groups excluding carboxylic acids is 2. The number of ether oxygens (including phenoxy) is 2. The molecular formula is C33H32F5N7O5S. The molecule has 1 aliphatic heterocycles. The first-order valence-electron chi connectivity index (χ1n) is 15.4. The van der Waals surface area contributed by atoms with Gasteiger partial charge < -0.3 is 30.7 Å². The van der Waals surface area contributed by atoms with Crippen molar-refractivity contribution in [3.63, 3.8) is 0 Å². The summed E-state index contributed by atoms with van der Waals surface area (Å²) in [4.78, 5) is 33.6. The van der Waals surface area contributed by atoms with Gasteiger partial charge in [0.1, 0.15) is 17.5 Å². The number of nitrogens with zero attached hydrogens (tertiary/aromatic N) is 3. The van der Waals surface area contributed by atoms with Crippen molar-refractivity contribution < 1.29 is 45.2 Å². The van der Waals surface area contributed by atoms with Crippen molar-refractivity contribution in [3.05, 3.63) is 84.1 Å². The first-order valence-corrected chi connectivity index (χ1v) is 17.4. The van der Waals surface area contributed by atoms with Gasteiger partial charge in [0.25, 0.3) is 0 Å². The van der Waals surface area contributed by atoms with Crippen molar-refractivity contribution in [3.8, 4) is 11.1 Å². The predicted molar refractivity (Wildman–Crippen MR) is 180 cm³/mol. The van der Waals surface area contributed by atoms with Gasteiger partial charge in [-0.25, -0.2) is 27.6 Å². The van der Waals surface area contributed by atoms with E-state index in [1.54, 1.807) is 25.1 Å². The molecule has 4 aromatic rings. The molecule has 18 heteroatoms. The summed E-state index contributed by atoms with van der Waals surface area (Å²) < 4.78 is 95.7. The molecule has 1 saturated heterocycles. The average molecular weight is 734 g/mol. The van der Waals surface area contributed by atoms with Crippen molar-refractivity contribution in [2.75, 3.05) is 47.3 Å².